The van der Waals surface area contributed by atoms with Gasteiger partial charge in [-0.2, -0.15) is 0 Å². The highest BCUT2D eigenvalue weighted by molar-refractivity contribution is 5.39. The van der Waals surface area contributed by atoms with Crippen molar-refractivity contribution in [2.24, 2.45) is 5.92 Å². The molecule has 1 rings (SSSR count). The molecule has 0 amide bonds. The van der Waals surface area contributed by atoms with Crippen molar-refractivity contribution in [3.63, 3.8) is 0 Å². The van der Waals surface area contributed by atoms with Gasteiger partial charge in [-0.25, -0.2) is 0 Å². The van der Waals surface area contributed by atoms with E-state index < -0.39 is 0 Å². The molecule has 0 saturated heterocycles. The van der Waals surface area contributed by atoms with E-state index in [1.807, 2.05) is 0 Å². The molecule has 0 heterocycles. The third-order valence-electron chi connectivity index (χ3n) is 3.94. The summed E-state index contributed by atoms with van der Waals surface area (Å²) in [6, 6.07) is 0. The lowest BCUT2D eigenvalue weighted by molar-refractivity contribution is 0.357. The third-order valence-corrected chi connectivity index (χ3v) is 3.94. The molecule has 18 heavy (non-hydrogen) atoms. The zero-order chi connectivity index (χ0) is 13.2. The SMILES string of the molecule is C\C=C/C(=C\C)C(=C/CCC)/CC1CCCCC1. The number of rotatable bonds is 6. The van der Waals surface area contributed by atoms with Gasteiger partial charge in [0.1, 0.15) is 0 Å². The largest absolute Gasteiger partial charge is 0.0871 e. The van der Waals surface area contributed by atoms with Crippen LogP contribution in [0.2, 0.25) is 0 Å². The summed E-state index contributed by atoms with van der Waals surface area (Å²) in [4.78, 5) is 0. The molecular formula is C18H30. The summed E-state index contributed by atoms with van der Waals surface area (Å²) in [6.07, 6.45) is 20.2. The van der Waals surface area contributed by atoms with Crippen molar-refractivity contribution in [3.05, 3.63) is 35.5 Å². The maximum Gasteiger partial charge on any atom is -0.0248 e. The predicted octanol–water partition coefficient (Wildman–Crippen LogP) is 6.21. The maximum absolute atomic E-state index is 2.48. The fraction of sp³-hybridized carbons (Fsp3) is 0.667. The fourth-order valence-corrected chi connectivity index (χ4v) is 2.91. The minimum absolute atomic E-state index is 0.932. The highest BCUT2D eigenvalue weighted by Gasteiger charge is 2.15. The molecule has 0 unspecified atom stereocenters. The second kappa shape index (κ2) is 9.19. The number of hydrogen-bond acceptors (Lipinski definition) is 0. The van der Waals surface area contributed by atoms with Gasteiger partial charge in [0.25, 0.3) is 0 Å². The molecule has 0 N–H and O–H groups in total. The summed E-state index contributed by atoms with van der Waals surface area (Å²) in [5.41, 5.74) is 3.03. The second-order valence-corrected chi connectivity index (χ2v) is 5.47. The highest BCUT2D eigenvalue weighted by atomic mass is 14.2. The Morgan fingerprint density at radius 2 is 1.83 bits per heavy atom. The maximum atomic E-state index is 2.48. The van der Waals surface area contributed by atoms with Crippen molar-refractivity contribution in [1.82, 2.24) is 0 Å². The summed E-state index contributed by atoms with van der Waals surface area (Å²) in [5.74, 6) is 0.932. The summed E-state index contributed by atoms with van der Waals surface area (Å²) in [7, 11) is 0. The Morgan fingerprint density at radius 3 is 2.39 bits per heavy atom. The number of hydrogen-bond donors (Lipinski definition) is 0. The Labute approximate surface area is 114 Å². The molecule has 0 aliphatic heterocycles. The predicted molar refractivity (Wildman–Crippen MR) is 82.8 cm³/mol. The summed E-state index contributed by atoms with van der Waals surface area (Å²) in [5, 5.41) is 0. The van der Waals surface area contributed by atoms with Crippen molar-refractivity contribution in [2.75, 3.05) is 0 Å². The van der Waals surface area contributed by atoms with Gasteiger partial charge in [-0.05, 0) is 43.8 Å². The van der Waals surface area contributed by atoms with Gasteiger partial charge in [-0.15, -0.1) is 0 Å². The summed E-state index contributed by atoms with van der Waals surface area (Å²) >= 11 is 0. The van der Waals surface area contributed by atoms with E-state index >= 15 is 0 Å². The van der Waals surface area contributed by atoms with E-state index in [1.165, 1.54) is 56.9 Å². The van der Waals surface area contributed by atoms with Gasteiger partial charge in [0, 0.05) is 0 Å². The van der Waals surface area contributed by atoms with Crippen LogP contribution in [0.15, 0.2) is 35.5 Å². The Morgan fingerprint density at radius 1 is 1.11 bits per heavy atom. The molecule has 1 aliphatic carbocycles. The molecule has 1 fully saturated rings. The molecule has 1 saturated carbocycles. The lowest BCUT2D eigenvalue weighted by atomic mass is 9.82. The van der Waals surface area contributed by atoms with Gasteiger partial charge < -0.3 is 0 Å². The monoisotopic (exact) mass is 246 g/mol. The zero-order valence-electron chi connectivity index (χ0n) is 12.5. The van der Waals surface area contributed by atoms with E-state index in [0.717, 1.165) is 5.92 Å². The Kier molecular flexibility index (Phi) is 7.80. The van der Waals surface area contributed by atoms with Crippen LogP contribution in [0.3, 0.4) is 0 Å². The topological polar surface area (TPSA) is 0 Å². The van der Waals surface area contributed by atoms with Crippen LogP contribution in [0.1, 0.15) is 72.1 Å². The van der Waals surface area contributed by atoms with E-state index in [0.29, 0.717) is 0 Å². The first-order chi connectivity index (χ1) is 8.81. The van der Waals surface area contributed by atoms with Crippen molar-refractivity contribution in [2.45, 2.75) is 72.1 Å². The summed E-state index contributed by atoms with van der Waals surface area (Å²) in [6.45, 7) is 6.54. The molecule has 1 aliphatic rings. The van der Waals surface area contributed by atoms with E-state index in [9.17, 15) is 0 Å². The lowest BCUT2D eigenvalue weighted by Gasteiger charge is -2.23. The first-order valence-electron chi connectivity index (χ1n) is 7.80. The first kappa shape index (κ1) is 15.3. The molecular weight excluding hydrogens is 216 g/mol. The quantitative estimate of drug-likeness (QED) is 0.489. The van der Waals surface area contributed by atoms with Crippen LogP contribution in [-0.2, 0) is 0 Å². The molecule has 0 aromatic heterocycles. The van der Waals surface area contributed by atoms with Crippen molar-refractivity contribution >= 4 is 0 Å². The molecule has 0 aromatic carbocycles. The minimum Gasteiger partial charge on any atom is -0.0871 e. The van der Waals surface area contributed by atoms with Gasteiger partial charge in [0.15, 0.2) is 0 Å². The van der Waals surface area contributed by atoms with E-state index in [4.69, 9.17) is 0 Å². The molecule has 102 valence electrons. The molecule has 0 aromatic rings. The average molecular weight is 246 g/mol. The Hall–Kier alpha value is -0.780. The summed E-state index contributed by atoms with van der Waals surface area (Å²) < 4.78 is 0. The third kappa shape index (κ3) is 5.25. The average Bonchev–Trinajstić information content (AvgIpc) is 2.42. The first-order valence-corrected chi connectivity index (χ1v) is 7.80. The normalized spacial score (nSPS) is 19.7. The fourth-order valence-electron chi connectivity index (χ4n) is 2.91. The van der Waals surface area contributed by atoms with Crippen LogP contribution in [-0.4, -0.2) is 0 Å². The second-order valence-electron chi connectivity index (χ2n) is 5.47. The number of unbranched alkanes of at least 4 members (excludes halogenated alkanes) is 1. The van der Waals surface area contributed by atoms with Crippen LogP contribution in [0.4, 0.5) is 0 Å². The molecule has 0 heteroatoms. The lowest BCUT2D eigenvalue weighted by Crippen LogP contribution is -2.08. The van der Waals surface area contributed by atoms with Crippen molar-refractivity contribution in [3.8, 4) is 0 Å². The van der Waals surface area contributed by atoms with Gasteiger partial charge in [0.2, 0.25) is 0 Å². The van der Waals surface area contributed by atoms with Crippen LogP contribution in [0.25, 0.3) is 0 Å². The molecule has 0 bridgehead atoms. The van der Waals surface area contributed by atoms with Gasteiger partial charge in [-0.3, -0.25) is 0 Å². The van der Waals surface area contributed by atoms with E-state index in [-0.39, 0.29) is 0 Å². The number of allylic oxidation sites excluding steroid dienone is 6. The zero-order valence-corrected chi connectivity index (χ0v) is 12.5. The van der Waals surface area contributed by atoms with Crippen LogP contribution >= 0.6 is 0 Å². The molecule has 0 spiro atoms. The van der Waals surface area contributed by atoms with Crippen LogP contribution in [0, 0.1) is 5.92 Å². The van der Waals surface area contributed by atoms with Gasteiger partial charge >= 0.3 is 0 Å². The van der Waals surface area contributed by atoms with Crippen molar-refractivity contribution < 1.29 is 0 Å². The van der Waals surface area contributed by atoms with Crippen molar-refractivity contribution in [1.29, 1.82) is 0 Å². The molecule has 0 atom stereocenters. The van der Waals surface area contributed by atoms with E-state index in [1.54, 1.807) is 5.57 Å². The molecule has 0 nitrogen and oxygen atoms in total. The molecule has 0 radical (unpaired) electrons. The highest BCUT2D eigenvalue weighted by Crippen LogP contribution is 2.31. The smallest absolute Gasteiger partial charge is 0.0248 e. The van der Waals surface area contributed by atoms with E-state index in [2.05, 4.69) is 45.1 Å². The van der Waals surface area contributed by atoms with Gasteiger partial charge in [0.05, 0.1) is 0 Å². The Bertz CT molecular complexity index is 298. The Balaban J connectivity index is 2.70. The standard InChI is InChI=1S/C18H30/c1-4-7-14-18(17(6-3)11-5-2)15-16-12-9-8-10-13-16/h5-6,11,14,16H,4,7-10,12-13,15H2,1-3H3/b11-5-,17-6+,18-14+. The van der Waals surface area contributed by atoms with Crippen LogP contribution < -0.4 is 0 Å². The van der Waals surface area contributed by atoms with Crippen LogP contribution in [0.5, 0.6) is 0 Å². The van der Waals surface area contributed by atoms with Gasteiger partial charge in [-0.1, -0.05) is 69.8 Å². The minimum atomic E-state index is 0.932.